The Morgan fingerprint density at radius 2 is 1.56 bits per heavy atom. The average Bonchev–Trinajstić information content (AvgIpc) is 2.89. The van der Waals surface area contributed by atoms with Crippen molar-refractivity contribution in [1.29, 1.82) is 0 Å². The summed E-state index contributed by atoms with van der Waals surface area (Å²) in [6, 6.07) is 18.2. The Hall–Kier alpha value is -3.36. The zero-order valence-corrected chi connectivity index (χ0v) is 26.4. The van der Waals surface area contributed by atoms with Crippen molar-refractivity contribution in [2.75, 3.05) is 10.8 Å². The van der Waals surface area contributed by atoms with Crippen LogP contribution in [0.2, 0.25) is 5.02 Å². The Bertz CT molecular complexity index is 1500. The van der Waals surface area contributed by atoms with Gasteiger partial charge in [0.1, 0.15) is 12.6 Å². The zero-order chi connectivity index (χ0) is 30.5. The van der Waals surface area contributed by atoms with Gasteiger partial charge in [0, 0.05) is 17.1 Å². The van der Waals surface area contributed by atoms with Crippen LogP contribution in [0.4, 0.5) is 5.69 Å². The summed E-state index contributed by atoms with van der Waals surface area (Å²) < 4.78 is 29.1. The molecule has 220 valence electrons. The van der Waals surface area contributed by atoms with E-state index in [0.717, 1.165) is 26.6 Å². The SMILES string of the molecule is CC[C@@H](C(=O)NC(C)(C)C)N(Cc1ccccc1C)C(=O)CN(c1ccc(C)c(Cl)c1)S(=O)(=O)c1ccc(C)cc1. The minimum Gasteiger partial charge on any atom is -0.350 e. The number of carbonyl (C=O) groups excluding carboxylic acids is 2. The lowest BCUT2D eigenvalue weighted by molar-refractivity contribution is -0.141. The first kappa shape index (κ1) is 32.2. The van der Waals surface area contributed by atoms with Gasteiger partial charge >= 0.3 is 0 Å². The molecule has 7 nitrogen and oxygen atoms in total. The second-order valence-electron chi connectivity index (χ2n) is 11.4. The van der Waals surface area contributed by atoms with Crippen molar-refractivity contribution in [3.63, 3.8) is 0 Å². The summed E-state index contributed by atoms with van der Waals surface area (Å²) in [4.78, 5) is 29.2. The number of nitrogens with zero attached hydrogens (tertiary/aromatic N) is 2. The monoisotopic (exact) mass is 597 g/mol. The number of amides is 2. The molecule has 0 aliphatic heterocycles. The number of aryl methyl sites for hydroxylation is 3. The predicted octanol–water partition coefficient (Wildman–Crippen LogP) is 6.18. The standard InChI is InChI=1S/C32H40ClN3O4S/c1-8-29(31(38)34-32(5,6)7)35(20-25-12-10-9-11-23(25)3)30(37)21-36(26-16-15-24(4)28(33)19-26)41(39,40)27-17-13-22(2)14-18-27/h9-19,29H,8,20-21H2,1-7H3,(H,34,38)/t29-/m0/s1. The van der Waals surface area contributed by atoms with Crippen LogP contribution in [-0.2, 0) is 26.2 Å². The quantitative estimate of drug-likeness (QED) is 0.302. The molecule has 3 rings (SSSR count). The van der Waals surface area contributed by atoms with Crippen LogP contribution in [-0.4, -0.2) is 43.3 Å². The van der Waals surface area contributed by atoms with Gasteiger partial charge in [-0.1, -0.05) is 66.6 Å². The number of sulfonamides is 1. The normalized spacial score (nSPS) is 12.5. The number of benzene rings is 3. The Morgan fingerprint density at radius 3 is 2.12 bits per heavy atom. The van der Waals surface area contributed by atoms with Gasteiger partial charge in [0.2, 0.25) is 11.8 Å². The Balaban J connectivity index is 2.11. The predicted molar refractivity (Wildman–Crippen MR) is 166 cm³/mol. The zero-order valence-electron chi connectivity index (χ0n) is 24.9. The molecule has 0 aromatic heterocycles. The third kappa shape index (κ3) is 8.11. The van der Waals surface area contributed by atoms with E-state index in [1.807, 2.05) is 72.7 Å². The van der Waals surface area contributed by atoms with Crippen molar-refractivity contribution in [1.82, 2.24) is 10.2 Å². The van der Waals surface area contributed by atoms with E-state index < -0.39 is 34.1 Å². The van der Waals surface area contributed by atoms with Gasteiger partial charge in [-0.15, -0.1) is 0 Å². The average molecular weight is 598 g/mol. The van der Waals surface area contributed by atoms with Crippen molar-refractivity contribution in [2.45, 2.75) is 77.9 Å². The van der Waals surface area contributed by atoms with Crippen molar-refractivity contribution < 1.29 is 18.0 Å². The van der Waals surface area contributed by atoms with E-state index in [0.29, 0.717) is 11.4 Å². The lowest BCUT2D eigenvalue weighted by Gasteiger charge is -2.35. The van der Waals surface area contributed by atoms with Crippen LogP contribution >= 0.6 is 11.6 Å². The fraction of sp³-hybridized carbons (Fsp3) is 0.375. The van der Waals surface area contributed by atoms with Crippen molar-refractivity contribution in [3.05, 3.63) is 94.0 Å². The molecule has 1 N–H and O–H groups in total. The summed E-state index contributed by atoms with van der Waals surface area (Å²) in [5, 5.41) is 3.37. The Kier molecular flexibility index (Phi) is 10.3. The Labute approximate surface area is 249 Å². The van der Waals surface area contributed by atoms with Gasteiger partial charge in [-0.3, -0.25) is 13.9 Å². The van der Waals surface area contributed by atoms with E-state index in [1.165, 1.54) is 17.0 Å². The van der Waals surface area contributed by atoms with Gasteiger partial charge in [0.25, 0.3) is 10.0 Å². The second kappa shape index (κ2) is 13.1. The lowest BCUT2D eigenvalue weighted by atomic mass is 10.0. The summed E-state index contributed by atoms with van der Waals surface area (Å²) in [6.07, 6.45) is 0.348. The van der Waals surface area contributed by atoms with E-state index in [1.54, 1.807) is 30.3 Å². The number of nitrogens with one attached hydrogen (secondary N) is 1. The minimum absolute atomic E-state index is 0.0515. The molecule has 0 aliphatic carbocycles. The van der Waals surface area contributed by atoms with E-state index in [4.69, 9.17) is 11.6 Å². The summed E-state index contributed by atoms with van der Waals surface area (Å²) in [6.45, 7) is 12.7. The van der Waals surface area contributed by atoms with Crippen LogP contribution in [0.1, 0.15) is 56.4 Å². The fourth-order valence-corrected chi connectivity index (χ4v) is 6.03. The van der Waals surface area contributed by atoms with E-state index in [2.05, 4.69) is 5.32 Å². The van der Waals surface area contributed by atoms with Gasteiger partial charge in [-0.05, 0) is 88.9 Å². The van der Waals surface area contributed by atoms with Crippen LogP contribution in [0.3, 0.4) is 0 Å². The molecule has 3 aromatic rings. The highest BCUT2D eigenvalue weighted by Crippen LogP contribution is 2.29. The first-order valence-electron chi connectivity index (χ1n) is 13.7. The molecule has 0 aliphatic rings. The van der Waals surface area contributed by atoms with Crippen LogP contribution in [0, 0.1) is 20.8 Å². The second-order valence-corrected chi connectivity index (χ2v) is 13.6. The number of halogens is 1. The molecule has 0 unspecified atom stereocenters. The number of rotatable bonds is 10. The first-order chi connectivity index (χ1) is 19.1. The highest BCUT2D eigenvalue weighted by molar-refractivity contribution is 7.92. The van der Waals surface area contributed by atoms with Gasteiger partial charge in [0.05, 0.1) is 10.6 Å². The summed E-state index contributed by atoms with van der Waals surface area (Å²) >= 11 is 6.40. The molecular formula is C32H40ClN3O4S. The lowest BCUT2D eigenvalue weighted by Crippen LogP contribution is -2.55. The molecule has 0 heterocycles. The highest BCUT2D eigenvalue weighted by Gasteiger charge is 2.35. The highest BCUT2D eigenvalue weighted by atomic mass is 35.5. The largest absolute Gasteiger partial charge is 0.350 e. The molecule has 2 amide bonds. The summed E-state index contributed by atoms with van der Waals surface area (Å²) in [7, 11) is -4.16. The van der Waals surface area contributed by atoms with Crippen LogP contribution in [0.15, 0.2) is 71.6 Å². The summed E-state index contributed by atoms with van der Waals surface area (Å²) in [5.74, 6) is -0.801. The number of hydrogen-bond donors (Lipinski definition) is 1. The maximum atomic E-state index is 14.2. The van der Waals surface area contributed by atoms with E-state index >= 15 is 0 Å². The first-order valence-corrected chi connectivity index (χ1v) is 15.5. The molecular weight excluding hydrogens is 558 g/mol. The third-order valence-electron chi connectivity index (χ3n) is 6.82. The molecule has 0 saturated carbocycles. The van der Waals surface area contributed by atoms with Gasteiger partial charge < -0.3 is 10.2 Å². The van der Waals surface area contributed by atoms with Crippen LogP contribution in [0.5, 0.6) is 0 Å². The third-order valence-corrected chi connectivity index (χ3v) is 9.01. The van der Waals surface area contributed by atoms with E-state index in [9.17, 15) is 18.0 Å². The summed E-state index contributed by atoms with van der Waals surface area (Å²) in [5.41, 5.74) is 3.27. The van der Waals surface area contributed by atoms with Crippen molar-refractivity contribution in [3.8, 4) is 0 Å². The molecule has 0 radical (unpaired) electrons. The smallest absolute Gasteiger partial charge is 0.264 e. The molecule has 0 bridgehead atoms. The van der Waals surface area contributed by atoms with Crippen LogP contribution < -0.4 is 9.62 Å². The number of carbonyl (C=O) groups is 2. The number of anilines is 1. The molecule has 0 fully saturated rings. The number of hydrogen-bond acceptors (Lipinski definition) is 4. The van der Waals surface area contributed by atoms with Gasteiger partial charge in [-0.25, -0.2) is 8.42 Å². The van der Waals surface area contributed by atoms with Crippen molar-refractivity contribution in [2.24, 2.45) is 0 Å². The van der Waals surface area contributed by atoms with Crippen molar-refractivity contribution >= 4 is 39.1 Å². The molecule has 0 saturated heterocycles. The topological polar surface area (TPSA) is 86.8 Å². The molecule has 3 aromatic carbocycles. The minimum atomic E-state index is -4.16. The fourth-order valence-electron chi connectivity index (χ4n) is 4.45. The molecule has 1 atom stereocenters. The molecule has 0 spiro atoms. The maximum Gasteiger partial charge on any atom is 0.264 e. The molecule has 9 heteroatoms. The van der Waals surface area contributed by atoms with Crippen LogP contribution in [0.25, 0.3) is 0 Å². The van der Waals surface area contributed by atoms with Gasteiger partial charge in [0.15, 0.2) is 0 Å². The Morgan fingerprint density at radius 1 is 0.927 bits per heavy atom. The maximum absolute atomic E-state index is 14.2. The van der Waals surface area contributed by atoms with E-state index in [-0.39, 0.29) is 23.0 Å². The van der Waals surface area contributed by atoms with Gasteiger partial charge in [-0.2, -0.15) is 0 Å². The molecule has 41 heavy (non-hydrogen) atoms.